The molecule has 1 aliphatic heterocycles. The molecule has 0 bridgehead atoms. The third kappa shape index (κ3) is 1.95. The summed E-state index contributed by atoms with van der Waals surface area (Å²) in [4.78, 5) is 4.28. The number of aryl methyl sites for hydroxylation is 1. The minimum absolute atomic E-state index is 0.750. The van der Waals surface area contributed by atoms with Gasteiger partial charge in [0.05, 0.1) is 0 Å². The number of hydrogen-bond acceptors (Lipinski definition) is 3. The molecule has 1 aromatic heterocycles. The van der Waals surface area contributed by atoms with E-state index in [-0.39, 0.29) is 0 Å². The van der Waals surface area contributed by atoms with E-state index in [2.05, 4.69) is 22.3 Å². The number of nitrogens with zero attached hydrogens (tertiary/aromatic N) is 3. The smallest absolute Gasteiger partial charge is 0.138 e. The van der Waals surface area contributed by atoms with Crippen LogP contribution in [0.25, 0.3) is 0 Å². The van der Waals surface area contributed by atoms with Crippen LogP contribution in [0.4, 0.5) is 0 Å². The summed E-state index contributed by atoms with van der Waals surface area (Å²) in [7, 11) is 1.97. The van der Waals surface area contributed by atoms with Crippen LogP contribution in [0.2, 0.25) is 0 Å². The average molecular weight is 194 g/mol. The topological polar surface area (TPSA) is 42.7 Å². The fourth-order valence-corrected chi connectivity index (χ4v) is 2.11. The standard InChI is InChI=1S/C10H18N4/c1-8-6-11-4-3-9(8)5-10-12-7-13-14(10)2/h7-9,11H,3-6H2,1-2H3. The monoisotopic (exact) mass is 194 g/mol. The summed E-state index contributed by atoms with van der Waals surface area (Å²) < 4.78 is 1.88. The first-order chi connectivity index (χ1) is 6.77. The van der Waals surface area contributed by atoms with Crippen LogP contribution in [0.3, 0.4) is 0 Å². The van der Waals surface area contributed by atoms with Crippen LogP contribution in [-0.4, -0.2) is 27.9 Å². The minimum Gasteiger partial charge on any atom is -0.316 e. The van der Waals surface area contributed by atoms with Gasteiger partial charge in [-0.05, 0) is 31.3 Å². The Labute approximate surface area is 84.7 Å². The summed E-state index contributed by atoms with van der Waals surface area (Å²) >= 11 is 0. The van der Waals surface area contributed by atoms with Crippen molar-refractivity contribution in [3.63, 3.8) is 0 Å². The van der Waals surface area contributed by atoms with E-state index in [0.29, 0.717) is 0 Å². The lowest BCUT2D eigenvalue weighted by Gasteiger charge is -2.29. The molecular formula is C10H18N4. The van der Waals surface area contributed by atoms with Crippen molar-refractivity contribution in [2.45, 2.75) is 19.8 Å². The van der Waals surface area contributed by atoms with Crippen molar-refractivity contribution in [2.75, 3.05) is 13.1 Å². The molecule has 0 radical (unpaired) electrons. The molecule has 0 aliphatic carbocycles. The first-order valence-electron chi connectivity index (χ1n) is 5.31. The van der Waals surface area contributed by atoms with Gasteiger partial charge < -0.3 is 5.32 Å². The molecule has 1 N–H and O–H groups in total. The minimum atomic E-state index is 0.750. The maximum Gasteiger partial charge on any atom is 0.138 e. The lowest BCUT2D eigenvalue weighted by Crippen LogP contribution is -2.36. The normalized spacial score (nSPS) is 27.9. The lowest BCUT2D eigenvalue weighted by molar-refractivity contribution is 0.266. The summed E-state index contributed by atoms with van der Waals surface area (Å²) in [5, 5.41) is 7.51. The van der Waals surface area contributed by atoms with Gasteiger partial charge in [-0.1, -0.05) is 6.92 Å². The highest BCUT2D eigenvalue weighted by Crippen LogP contribution is 2.21. The molecule has 2 heterocycles. The lowest BCUT2D eigenvalue weighted by atomic mass is 9.85. The van der Waals surface area contributed by atoms with Crippen LogP contribution in [0.5, 0.6) is 0 Å². The average Bonchev–Trinajstić information content (AvgIpc) is 2.56. The van der Waals surface area contributed by atoms with Crippen LogP contribution < -0.4 is 5.32 Å². The van der Waals surface area contributed by atoms with E-state index in [1.165, 1.54) is 6.42 Å². The second-order valence-electron chi connectivity index (χ2n) is 4.23. The molecule has 1 fully saturated rings. The quantitative estimate of drug-likeness (QED) is 0.750. The number of nitrogens with one attached hydrogen (secondary N) is 1. The highest BCUT2D eigenvalue weighted by Gasteiger charge is 2.22. The zero-order chi connectivity index (χ0) is 9.97. The fraction of sp³-hybridized carbons (Fsp3) is 0.800. The molecule has 0 spiro atoms. The Morgan fingerprint density at radius 2 is 2.50 bits per heavy atom. The second-order valence-corrected chi connectivity index (χ2v) is 4.23. The van der Waals surface area contributed by atoms with Crippen LogP contribution in [0, 0.1) is 11.8 Å². The highest BCUT2D eigenvalue weighted by molar-refractivity contribution is 4.89. The molecule has 78 valence electrons. The van der Waals surface area contributed by atoms with E-state index in [4.69, 9.17) is 0 Å². The summed E-state index contributed by atoms with van der Waals surface area (Å²) in [6.45, 7) is 4.60. The van der Waals surface area contributed by atoms with E-state index >= 15 is 0 Å². The molecule has 1 aromatic rings. The third-order valence-electron chi connectivity index (χ3n) is 3.21. The van der Waals surface area contributed by atoms with Crippen molar-refractivity contribution in [3.05, 3.63) is 12.2 Å². The molecule has 2 unspecified atom stereocenters. The summed E-state index contributed by atoms with van der Waals surface area (Å²) in [6.07, 6.45) is 3.97. The van der Waals surface area contributed by atoms with E-state index in [0.717, 1.165) is 37.2 Å². The van der Waals surface area contributed by atoms with Crippen LogP contribution in [0.15, 0.2) is 6.33 Å². The van der Waals surface area contributed by atoms with Crippen molar-refractivity contribution in [1.82, 2.24) is 20.1 Å². The zero-order valence-electron chi connectivity index (χ0n) is 8.90. The van der Waals surface area contributed by atoms with Crippen LogP contribution in [-0.2, 0) is 13.5 Å². The SMILES string of the molecule is CC1CNCCC1Cc1ncnn1C. The molecule has 4 nitrogen and oxygen atoms in total. The Kier molecular flexibility index (Phi) is 2.82. The second kappa shape index (κ2) is 4.09. The fourth-order valence-electron chi connectivity index (χ4n) is 2.11. The molecule has 1 saturated heterocycles. The number of piperidine rings is 1. The number of rotatable bonds is 2. The molecule has 2 rings (SSSR count). The largest absolute Gasteiger partial charge is 0.316 e. The Bertz CT molecular complexity index is 294. The van der Waals surface area contributed by atoms with Crippen molar-refractivity contribution in [1.29, 1.82) is 0 Å². The molecular weight excluding hydrogens is 176 g/mol. The van der Waals surface area contributed by atoms with Gasteiger partial charge in [0.15, 0.2) is 0 Å². The Hall–Kier alpha value is -0.900. The van der Waals surface area contributed by atoms with Gasteiger partial charge in [0.2, 0.25) is 0 Å². The molecule has 1 aliphatic rings. The Morgan fingerprint density at radius 1 is 1.64 bits per heavy atom. The van der Waals surface area contributed by atoms with Crippen molar-refractivity contribution in [3.8, 4) is 0 Å². The maximum absolute atomic E-state index is 4.28. The predicted octanol–water partition coefficient (Wildman–Crippen LogP) is 0.603. The molecule has 0 aromatic carbocycles. The highest BCUT2D eigenvalue weighted by atomic mass is 15.3. The summed E-state index contributed by atoms with van der Waals surface area (Å²) in [5.74, 6) is 2.63. The molecule has 14 heavy (non-hydrogen) atoms. The Morgan fingerprint density at radius 3 is 3.14 bits per heavy atom. The molecule has 0 saturated carbocycles. The summed E-state index contributed by atoms with van der Waals surface area (Å²) in [6, 6.07) is 0. The molecule has 2 atom stereocenters. The van der Waals surface area contributed by atoms with Gasteiger partial charge in [0.25, 0.3) is 0 Å². The van der Waals surface area contributed by atoms with E-state index in [1.807, 2.05) is 11.7 Å². The van der Waals surface area contributed by atoms with Gasteiger partial charge >= 0.3 is 0 Å². The zero-order valence-corrected chi connectivity index (χ0v) is 8.90. The van der Waals surface area contributed by atoms with Crippen LogP contribution in [0.1, 0.15) is 19.2 Å². The van der Waals surface area contributed by atoms with Crippen LogP contribution >= 0.6 is 0 Å². The number of aromatic nitrogens is 3. The van der Waals surface area contributed by atoms with Gasteiger partial charge in [0.1, 0.15) is 12.2 Å². The maximum atomic E-state index is 4.28. The number of hydrogen-bond donors (Lipinski definition) is 1. The van der Waals surface area contributed by atoms with E-state index < -0.39 is 0 Å². The van der Waals surface area contributed by atoms with Gasteiger partial charge in [-0.2, -0.15) is 5.10 Å². The third-order valence-corrected chi connectivity index (χ3v) is 3.21. The first kappa shape index (κ1) is 9.65. The van der Waals surface area contributed by atoms with Gasteiger partial charge in [-0.25, -0.2) is 4.98 Å². The molecule has 4 heteroatoms. The molecule has 0 amide bonds. The van der Waals surface area contributed by atoms with Crippen molar-refractivity contribution >= 4 is 0 Å². The van der Waals surface area contributed by atoms with E-state index in [9.17, 15) is 0 Å². The summed E-state index contributed by atoms with van der Waals surface area (Å²) in [5.41, 5.74) is 0. The van der Waals surface area contributed by atoms with Crippen molar-refractivity contribution in [2.24, 2.45) is 18.9 Å². The van der Waals surface area contributed by atoms with E-state index in [1.54, 1.807) is 6.33 Å². The Balaban J connectivity index is 1.99. The van der Waals surface area contributed by atoms with Gasteiger partial charge in [-0.15, -0.1) is 0 Å². The van der Waals surface area contributed by atoms with Gasteiger partial charge in [0, 0.05) is 13.5 Å². The van der Waals surface area contributed by atoms with Crippen molar-refractivity contribution < 1.29 is 0 Å². The first-order valence-corrected chi connectivity index (χ1v) is 5.31. The predicted molar refractivity (Wildman–Crippen MR) is 54.8 cm³/mol. The van der Waals surface area contributed by atoms with Gasteiger partial charge in [-0.3, -0.25) is 4.68 Å².